The molecule has 1 unspecified atom stereocenters. The number of hydrogen-bond acceptors (Lipinski definition) is 0. The minimum absolute atomic E-state index is 0.191. The SMILES string of the molecule is CC1(C2CCCCC2)c2ccccc2-c2ccc(Br)cc21. The summed E-state index contributed by atoms with van der Waals surface area (Å²) < 4.78 is 1.20. The molecule has 108 valence electrons. The van der Waals surface area contributed by atoms with Crippen LogP contribution in [0.4, 0.5) is 0 Å². The molecule has 1 saturated carbocycles. The predicted octanol–water partition coefficient (Wildman–Crippen LogP) is 6.32. The van der Waals surface area contributed by atoms with E-state index in [-0.39, 0.29) is 5.41 Å². The summed E-state index contributed by atoms with van der Waals surface area (Å²) in [5, 5.41) is 0. The number of benzene rings is 2. The maximum absolute atomic E-state index is 3.69. The minimum Gasteiger partial charge on any atom is -0.0619 e. The first-order valence-electron chi connectivity index (χ1n) is 8.11. The second-order valence-corrected chi connectivity index (χ2v) is 7.69. The Bertz CT molecular complexity index is 682. The van der Waals surface area contributed by atoms with Gasteiger partial charge < -0.3 is 0 Å². The lowest BCUT2D eigenvalue weighted by Crippen LogP contribution is -2.33. The van der Waals surface area contributed by atoms with Crippen LogP contribution >= 0.6 is 15.9 Å². The van der Waals surface area contributed by atoms with E-state index in [2.05, 4.69) is 65.3 Å². The summed E-state index contributed by atoms with van der Waals surface area (Å²) in [5.74, 6) is 0.781. The van der Waals surface area contributed by atoms with E-state index in [0.717, 1.165) is 5.92 Å². The van der Waals surface area contributed by atoms with Crippen molar-refractivity contribution in [1.29, 1.82) is 0 Å². The molecule has 2 aromatic rings. The van der Waals surface area contributed by atoms with Crippen molar-refractivity contribution in [2.24, 2.45) is 5.92 Å². The zero-order valence-corrected chi connectivity index (χ0v) is 14.1. The van der Waals surface area contributed by atoms with Gasteiger partial charge in [-0.15, -0.1) is 0 Å². The Labute approximate surface area is 135 Å². The zero-order chi connectivity index (χ0) is 14.4. The topological polar surface area (TPSA) is 0 Å². The van der Waals surface area contributed by atoms with E-state index in [0.29, 0.717) is 0 Å². The third-order valence-corrected chi connectivity index (χ3v) is 6.23. The second-order valence-electron chi connectivity index (χ2n) is 6.77. The highest BCUT2D eigenvalue weighted by Gasteiger charge is 2.44. The third kappa shape index (κ3) is 1.93. The van der Waals surface area contributed by atoms with Gasteiger partial charge >= 0.3 is 0 Å². The first kappa shape index (κ1) is 13.6. The molecule has 0 heterocycles. The molecule has 2 aliphatic rings. The number of fused-ring (bicyclic) bond motifs is 3. The van der Waals surface area contributed by atoms with Crippen LogP contribution in [0.5, 0.6) is 0 Å². The fourth-order valence-corrected chi connectivity index (χ4v) is 4.98. The lowest BCUT2D eigenvalue weighted by atomic mass is 9.65. The van der Waals surface area contributed by atoms with Crippen molar-refractivity contribution in [1.82, 2.24) is 0 Å². The Morgan fingerprint density at radius 3 is 2.43 bits per heavy atom. The molecule has 0 aromatic heterocycles. The molecule has 2 aromatic carbocycles. The molecule has 0 nitrogen and oxygen atoms in total. The monoisotopic (exact) mass is 340 g/mol. The molecule has 1 atom stereocenters. The van der Waals surface area contributed by atoms with E-state index in [1.165, 1.54) is 53.3 Å². The number of rotatable bonds is 1. The molecule has 0 spiro atoms. The Hall–Kier alpha value is -1.08. The van der Waals surface area contributed by atoms with Gasteiger partial charge in [0, 0.05) is 9.89 Å². The average Bonchev–Trinajstić information content (AvgIpc) is 2.79. The second kappa shape index (κ2) is 4.98. The normalized spacial score (nSPS) is 24.7. The van der Waals surface area contributed by atoms with E-state index in [1.807, 2.05) is 0 Å². The molecule has 21 heavy (non-hydrogen) atoms. The summed E-state index contributed by atoms with van der Waals surface area (Å²) >= 11 is 3.69. The van der Waals surface area contributed by atoms with Gasteiger partial charge in [0.2, 0.25) is 0 Å². The van der Waals surface area contributed by atoms with Crippen molar-refractivity contribution < 1.29 is 0 Å². The van der Waals surface area contributed by atoms with Crippen LogP contribution in [-0.2, 0) is 5.41 Å². The van der Waals surface area contributed by atoms with Crippen LogP contribution in [0.25, 0.3) is 11.1 Å². The van der Waals surface area contributed by atoms with E-state index in [4.69, 9.17) is 0 Å². The summed E-state index contributed by atoms with van der Waals surface area (Å²) in [6.45, 7) is 2.49. The highest BCUT2D eigenvalue weighted by atomic mass is 79.9. The zero-order valence-electron chi connectivity index (χ0n) is 12.5. The largest absolute Gasteiger partial charge is 0.0619 e. The summed E-state index contributed by atoms with van der Waals surface area (Å²) in [5.41, 5.74) is 6.17. The van der Waals surface area contributed by atoms with Crippen LogP contribution in [0.15, 0.2) is 46.9 Å². The van der Waals surface area contributed by atoms with Crippen molar-refractivity contribution in [2.45, 2.75) is 44.4 Å². The molecular weight excluding hydrogens is 320 g/mol. The summed E-state index contributed by atoms with van der Waals surface area (Å²) in [6, 6.07) is 15.9. The molecule has 2 aliphatic carbocycles. The van der Waals surface area contributed by atoms with Crippen molar-refractivity contribution >= 4 is 15.9 Å². The van der Waals surface area contributed by atoms with Gasteiger partial charge in [-0.1, -0.05) is 72.4 Å². The smallest absolute Gasteiger partial charge is 0.0215 e. The van der Waals surface area contributed by atoms with Crippen molar-refractivity contribution in [3.63, 3.8) is 0 Å². The quantitative estimate of drug-likeness (QED) is 0.570. The molecule has 0 saturated heterocycles. The lowest BCUT2D eigenvalue weighted by Gasteiger charge is -2.39. The highest BCUT2D eigenvalue weighted by molar-refractivity contribution is 9.10. The van der Waals surface area contributed by atoms with Crippen molar-refractivity contribution in [2.75, 3.05) is 0 Å². The van der Waals surface area contributed by atoms with Crippen molar-refractivity contribution in [3.05, 3.63) is 58.1 Å². The van der Waals surface area contributed by atoms with Gasteiger partial charge in [-0.25, -0.2) is 0 Å². The summed E-state index contributed by atoms with van der Waals surface area (Å²) in [6.07, 6.45) is 6.95. The van der Waals surface area contributed by atoms with Gasteiger partial charge in [-0.2, -0.15) is 0 Å². The highest BCUT2D eigenvalue weighted by Crippen LogP contribution is 2.55. The third-order valence-electron chi connectivity index (χ3n) is 5.74. The van der Waals surface area contributed by atoms with Crippen molar-refractivity contribution in [3.8, 4) is 11.1 Å². The van der Waals surface area contributed by atoms with Crippen LogP contribution in [-0.4, -0.2) is 0 Å². The first-order valence-corrected chi connectivity index (χ1v) is 8.90. The van der Waals surface area contributed by atoms with Crippen LogP contribution < -0.4 is 0 Å². The molecule has 1 heteroatoms. The fourth-order valence-electron chi connectivity index (χ4n) is 4.62. The maximum atomic E-state index is 3.69. The standard InChI is InChI=1S/C20H21Br/c1-20(14-7-3-2-4-8-14)18-10-6-5-9-16(18)17-12-11-15(21)13-19(17)20/h5-6,9-14H,2-4,7-8H2,1H3. The van der Waals surface area contributed by atoms with E-state index < -0.39 is 0 Å². The Morgan fingerprint density at radius 1 is 0.905 bits per heavy atom. The van der Waals surface area contributed by atoms with Gasteiger partial charge in [0.25, 0.3) is 0 Å². The molecular formula is C20H21Br. The van der Waals surface area contributed by atoms with Crippen LogP contribution in [0, 0.1) is 5.92 Å². The maximum Gasteiger partial charge on any atom is 0.0215 e. The Kier molecular flexibility index (Phi) is 3.22. The van der Waals surface area contributed by atoms with Crippen LogP contribution in [0.2, 0.25) is 0 Å². The van der Waals surface area contributed by atoms with Gasteiger partial charge in [0.1, 0.15) is 0 Å². The first-order chi connectivity index (χ1) is 10.2. The molecule has 0 aliphatic heterocycles. The molecule has 4 rings (SSSR count). The fraction of sp³-hybridized carbons (Fsp3) is 0.400. The average molecular weight is 341 g/mol. The summed E-state index contributed by atoms with van der Waals surface area (Å²) in [4.78, 5) is 0. The van der Waals surface area contributed by atoms with Crippen LogP contribution in [0.3, 0.4) is 0 Å². The number of halogens is 1. The molecule has 0 amide bonds. The van der Waals surface area contributed by atoms with Crippen LogP contribution in [0.1, 0.15) is 50.2 Å². The van der Waals surface area contributed by atoms with Gasteiger partial charge in [-0.05, 0) is 53.1 Å². The molecule has 0 radical (unpaired) electrons. The van der Waals surface area contributed by atoms with Gasteiger partial charge in [0.05, 0.1) is 0 Å². The lowest BCUT2D eigenvalue weighted by molar-refractivity contribution is 0.258. The number of hydrogen-bond donors (Lipinski definition) is 0. The van der Waals surface area contributed by atoms with E-state index >= 15 is 0 Å². The Balaban J connectivity index is 1.95. The molecule has 1 fully saturated rings. The molecule has 0 bridgehead atoms. The van der Waals surface area contributed by atoms with E-state index in [1.54, 1.807) is 5.56 Å². The molecule has 0 N–H and O–H groups in total. The Morgan fingerprint density at radius 2 is 1.62 bits per heavy atom. The van der Waals surface area contributed by atoms with Gasteiger partial charge in [-0.3, -0.25) is 0 Å². The van der Waals surface area contributed by atoms with Gasteiger partial charge in [0.15, 0.2) is 0 Å². The van der Waals surface area contributed by atoms with E-state index in [9.17, 15) is 0 Å². The predicted molar refractivity (Wildman–Crippen MR) is 92.6 cm³/mol. The summed E-state index contributed by atoms with van der Waals surface area (Å²) in [7, 11) is 0. The minimum atomic E-state index is 0.191.